The van der Waals surface area contributed by atoms with Gasteiger partial charge in [0.15, 0.2) is 0 Å². The second kappa shape index (κ2) is 5.95. The van der Waals surface area contributed by atoms with Crippen LogP contribution in [0.3, 0.4) is 0 Å². The van der Waals surface area contributed by atoms with E-state index in [0.29, 0.717) is 19.3 Å². The van der Waals surface area contributed by atoms with E-state index >= 15 is 0 Å². The van der Waals surface area contributed by atoms with E-state index in [-0.39, 0.29) is 19.4 Å². The summed E-state index contributed by atoms with van der Waals surface area (Å²) in [5, 5.41) is 16.4. The van der Waals surface area contributed by atoms with Crippen LogP contribution >= 0.6 is 0 Å². The number of carbonyl (C=O) groups is 1. The Morgan fingerprint density at radius 1 is 1.41 bits per heavy atom. The highest BCUT2D eigenvalue weighted by Gasteiger charge is 2.61. The SMILES string of the molecule is CCc1nn(C)c(CC)c1CNC(=O)C(F)(F)C1(O)CCC1. The monoisotopic (exact) mass is 315 g/mol. The standard InChI is InChI=1S/C15H23F2N3O2/c1-4-11-10(12(5-2)20(3)19-11)9-18-13(21)15(16,17)14(22)7-6-8-14/h22H,4-9H2,1-3H3,(H,18,21). The van der Waals surface area contributed by atoms with Crippen LogP contribution in [-0.4, -0.2) is 32.3 Å². The Balaban J connectivity index is 2.11. The first-order valence-electron chi connectivity index (χ1n) is 7.69. The third-order valence-electron chi connectivity index (χ3n) is 4.50. The molecule has 0 aliphatic heterocycles. The molecule has 7 heteroatoms. The number of alkyl halides is 2. The van der Waals surface area contributed by atoms with Gasteiger partial charge in [0.1, 0.15) is 5.60 Å². The Kier molecular flexibility index (Phi) is 4.56. The van der Waals surface area contributed by atoms with Crippen LogP contribution in [0.5, 0.6) is 0 Å². The molecule has 22 heavy (non-hydrogen) atoms. The zero-order valence-corrected chi connectivity index (χ0v) is 13.2. The van der Waals surface area contributed by atoms with E-state index in [1.807, 2.05) is 13.8 Å². The maximum absolute atomic E-state index is 14.0. The van der Waals surface area contributed by atoms with Gasteiger partial charge in [-0.2, -0.15) is 13.9 Å². The minimum absolute atomic E-state index is 0.00465. The quantitative estimate of drug-likeness (QED) is 0.840. The summed E-state index contributed by atoms with van der Waals surface area (Å²) in [6, 6.07) is 0. The molecule has 1 fully saturated rings. The lowest BCUT2D eigenvalue weighted by molar-refractivity contribution is -0.216. The van der Waals surface area contributed by atoms with Gasteiger partial charge < -0.3 is 10.4 Å². The predicted molar refractivity (Wildman–Crippen MR) is 77.6 cm³/mol. The highest BCUT2D eigenvalue weighted by molar-refractivity contribution is 5.85. The molecule has 0 atom stereocenters. The van der Waals surface area contributed by atoms with E-state index in [1.54, 1.807) is 11.7 Å². The molecule has 0 aromatic carbocycles. The Morgan fingerprint density at radius 3 is 2.50 bits per heavy atom. The van der Waals surface area contributed by atoms with Crippen molar-refractivity contribution in [1.29, 1.82) is 0 Å². The third kappa shape index (κ3) is 2.62. The molecule has 2 N–H and O–H groups in total. The number of hydrogen-bond donors (Lipinski definition) is 2. The zero-order valence-electron chi connectivity index (χ0n) is 13.2. The van der Waals surface area contributed by atoms with E-state index in [9.17, 15) is 18.7 Å². The lowest BCUT2D eigenvalue weighted by Crippen LogP contribution is -2.60. The Morgan fingerprint density at radius 2 is 2.05 bits per heavy atom. The van der Waals surface area contributed by atoms with Crippen LogP contribution in [0.2, 0.25) is 0 Å². The average molecular weight is 315 g/mol. The summed E-state index contributed by atoms with van der Waals surface area (Å²) in [5.41, 5.74) is 0.318. The molecule has 0 bridgehead atoms. The summed E-state index contributed by atoms with van der Waals surface area (Å²) < 4.78 is 29.8. The lowest BCUT2D eigenvalue weighted by Gasteiger charge is -2.41. The van der Waals surface area contributed by atoms with Crippen molar-refractivity contribution in [2.45, 2.75) is 64.0 Å². The Labute approximate surface area is 128 Å². The van der Waals surface area contributed by atoms with Crippen molar-refractivity contribution in [2.24, 2.45) is 7.05 Å². The molecule has 1 aromatic heterocycles. The van der Waals surface area contributed by atoms with Gasteiger partial charge in [-0.3, -0.25) is 9.48 Å². The minimum atomic E-state index is -3.76. The molecular weight excluding hydrogens is 292 g/mol. The van der Waals surface area contributed by atoms with Gasteiger partial charge in [-0.05, 0) is 32.1 Å². The van der Waals surface area contributed by atoms with Gasteiger partial charge in [-0.1, -0.05) is 13.8 Å². The van der Waals surface area contributed by atoms with Gasteiger partial charge in [0.2, 0.25) is 0 Å². The molecule has 2 rings (SSSR count). The number of aliphatic hydroxyl groups is 1. The minimum Gasteiger partial charge on any atom is -0.383 e. The lowest BCUT2D eigenvalue weighted by atomic mass is 9.75. The van der Waals surface area contributed by atoms with Gasteiger partial charge >= 0.3 is 5.92 Å². The summed E-state index contributed by atoms with van der Waals surface area (Å²) in [6.45, 7) is 3.89. The molecule has 1 heterocycles. The highest BCUT2D eigenvalue weighted by Crippen LogP contribution is 2.44. The van der Waals surface area contributed by atoms with Crippen molar-refractivity contribution >= 4 is 5.91 Å². The van der Waals surface area contributed by atoms with Crippen LogP contribution in [0, 0.1) is 0 Å². The Hall–Kier alpha value is -1.50. The number of amides is 1. The second-order valence-electron chi connectivity index (χ2n) is 5.84. The van der Waals surface area contributed by atoms with Crippen molar-refractivity contribution < 1.29 is 18.7 Å². The molecule has 1 saturated carbocycles. The van der Waals surface area contributed by atoms with E-state index in [4.69, 9.17) is 0 Å². The fourth-order valence-electron chi connectivity index (χ4n) is 2.91. The summed E-state index contributed by atoms with van der Waals surface area (Å²) in [6.07, 6.45) is 1.80. The third-order valence-corrected chi connectivity index (χ3v) is 4.50. The molecule has 1 aliphatic carbocycles. The molecule has 124 valence electrons. The van der Waals surface area contributed by atoms with Gasteiger partial charge in [-0.25, -0.2) is 0 Å². The van der Waals surface area contributed by atoms with Gasteiger partial charge in [-0.15, -0.1) is 0 Å². The summed E-state index contributed by atoms with van der Waals surface area (Å²) in [5.74, 6) is -5.17. The van der Waals surface area contributed by atoms with Crippen LogP contribution in [0.4, 0.5) is 8.78 Å². The second-order valence-corrected chi connectivity index (χ2v) is 5.84. The van der Waals surface area contributed by atoms with E-state index in [0.717, 1.165) is 17.0 Å². The van der Waals surface area contributed by atoms with Crippen molar-refractivity contribution in [2.75, 3.05) is 0 Å². The average Bonchev–Trinajstić information content (AvgIpc) is 2.76. The molecule has 5 nitrogen and oxygen atoms in total. The predicted octanol–water partition coefficient (Wildman–Crippen LogP) is 1.71. The van der Waals surface area contributed by atoms with Crippen molar-refractivity contribution in [1.82, 2.24) is 15.1 Å². The van der Waals surface area contributed by atoms with Crippen LogP contribution in [0.1, 0.15) is 50.1 Å². The maximum atomic E-state index is 14.0. The smallest absolute Gasteiger partial charge is 0.352 e. The van der Waals surface area contributed by atoms with Crippen LogP contribution < -0.4 is 5.32 Å². The first-order chi connectivity index (χ1) is 10.3. The number of nitrogens with zero attached hydrogens (tertiary/aromatic N) is 2. The summed E-state index contributed by atoms with van der Waals surface area (Å²) in [7, 11) is 1.80. The molecule has 1 aliphatic rings. The van der Waals surface area contributed by atoms with Crippen LogP contribution in [0.25, 0.3) is 0 Å². The number of nitrogens with one attached hydrogen (secondary N) is 1. The molecule has 0 saturated heterocycles. The number of aryl methyl sites for hydroxylation is 2. The number of halogens is 2. The van der Waals surface area contributed by atoms with Gasteiger partial charge in [0, 0.05) is 24.8 Å². The maximum Gasteiger partial charge on any atom is 0.352 e. The number of rotatable bonds is 6. The molecular formula is C15H23F2N3O2. The van der Waals surface area contributed by atoms with Crippen molar-refractivity contribution in [3.05, 3.63) is 17.0 Å². The van der Waals surface area contributed by atoms with E-state index in [2.05, 4.69) is 10.4 Å². The summed E-state index contributed by atoms with van der Waals surface area (Å²) >= 11 is 0. The number of hydrogen-bond acceptors (Lipinski definition) is 3. The topological polar surface area (TPSA) is 67.2 Å². The van der Waals surface area contributed by atoms with E-state index < -0.39 is 17.4 Å². The largest absolute Gasteiger partial charge is 0.383 e. The molecule has 0 unspecified atom stereocenters. The van der Waals surface area contributed by atoms with Gasteiger partial charge in [0.05, 0.1) is 5.69 Å². The fourth-order valence-corrected chi connectivity index (χ4v) is 2.91. The normalized spacial score (nSPS) is 17.2. The van der Waals surface area contributed by atoms with Crippen molar-refractivity contribution in [3.8, 4) is 0 Å². The first kappa shape index (κ1) is 16.9. The molecule has 1 aromatic rings. The number of carbonyl (C=O) groups excluding carboxylic acids is 1. The Bertz CT molecular complexity index is 565. The molecule has 1 amide bonds. The fraction of sp³-hybridized carbons (Fsp3) is 0.733. The first-order valence-corrected chi connectivity index (χ1v) is 7.69. The van der Waals surface area contributed by atoms with Crippen LogP contribution in [-0.2, 0) is 31.2 Å². The zero-order chi connectivity index (χ0) is 16.5. The summed E-state index contributed by atoms with van der Waals surface area (Å²) in [4.78, 5) is 11.8. The molecule has 0 spiro atoms. The number of aromatic nitrogens is 2. The van der Waals surface area contributed by atoms with Crippen molar-refractivity contribution in [3.63, 3.8) is 0 Å². The van der Waals surface area contributed by atoms with Crippen LogP contribution in [0.15, 0.2) is 0 Å². The molecule has 0 radical (unpaired) electrons. The van der Waals surface area contributed by atoms with E-state index in [1.165, 1.54) is 0 Å². The van der Waals surface area contributed by atoms with Gasteiger partial charge in [0.25, 0.3) is 5.91 Å². The highest BCUT2D eigenvalue weighted by atomic mass is 19.3.